The Kier molecular flexibility index (Phi) is 4.98. The Morgan fingerprint density at radius 1 is 1.16 bits per heavy atom. The maximum absolute atomic E-state index is 11.6. The molecular weight excluding hydrogens is 240 g/mol. The van der Waals surface area contributed by atoms with Gasteiger partial charge in [-0.05, 0) is 36.8 Å². The van der Waals surface area contributed by atoms with E-state index in [4.69, 9.17) is 5.11 Å². The summed E-state index contributed by atoms with van der Waals surface area (Å²) in [5.74, 6) is 0. The van der Waals surface area contributed by atoms with Crippen LogP contribution in [-0.2, 0) is 13.2 Å². The molecule has 0 unspecified atom stereocenters. The number of carbonyl (C=O) groups excluding carboxylic acids is 1. The zero-order valence-corrected chi connectivity index (χ0v) is 11.0. The molecule has 3 N–H and O–H groups in total. The van der Waals surface area contributed by atoms with Crippen LogP contribution in [0.1, 0.15) is 36.8 Å². The summed E-state index contributed by atoms with van der Waals surface area (Å²) in [5.41, 5.74) is 3.21. The van der Waals surface area contributed by atoms with Crippen molar-refractivity contribution in [2.45, 2.75) is 38.8 Å². The number of amides is 2. The van der Waals surface area contributed by atoms with E-state index in [1.165, 1.54) is 18.4 Å². The predicted octanol–water partition coefficient (Wildman–Crippen LogP) is 2.44. The number of aliphatic hydroxyl groups is 1. The highest BCUT2D eigenvalue weighted by atomic mass is 16.3. The molecular formula is C15H20N2O2. The SMILES string of the molecule is O=C(NC=C1CCCC1)NCc1ccc(CO)cc1. The molecule has 2 rings (SSSR count). The molecule has 19 heavy (non-hydrogen) atoms. The summed E-state index contributed by atoms with van der Waals surface area (Å²) < 4.78 is 0. The van der Waals surface area contributed by atoms with E-state index < -0.39 is 0 Å². The molecule has 0 aliphatic heterocycles. The van der Waals surface area contributed by atoms with Crippen molar-refractivity contribution in [3.8, 4) is 0 Å². The van der Waals surface area contributed by atoms with Gasteiger partial charge in [0.25, 0.3) is 0 Å². The van der Waals surface area contributed by atoms with Gasteiger partial charge in [0.05, 0.1) is 6.61 Å². The molecule has 0 radical (unpaired) electrons. The number of rotatable bonds is 4. The lowest BCUT2D eigenvalue weighted by molar-refractivity contribution is 0.243. The van der Waals surface area contributed by atoms with Crippen molar-refractivity contribution in [2.75, 3.05) is 0 Å². The van der Waals surface area contributed by atoms with E-state index in [-0.39, 0.29) is 12.6 Å². The molecule has 2 amide bonds. The second kappa shape index (κ2) is 6.95. The van der Waals surface area contributed by atoms with Crippen LogP contribution < -0.4 is 10.6 Å². The fourth-order valence-corrected chi connectivity index (χ4v) is 2.14. The second-order valence-electron chi connectivity index (χ2n) is 4.81. The first-order valence-electron chi connectivity index (χ1n) is 6.69. The maximum atomic E-state index is 11.6. The third-order valence-electron chi connectivity index (χ3n) is 3.31. The van der Waals surface area contributed by atoms with Gasteiger partial charge < -0.3 is 15.7 Å². The van der Waals surface area contributed by atoms with Gasteiger partial charge in [-0.3, -0.25) is 0 Å². The average molecular weight is 260 g/mol. The second-order valence-corrected chi connectivity index (χ2v) is 4.81. The standard InChI is InChI=1S/C15H20N2O2/c18-11-14-7-5-13(6-8-14)10-17-15(19)16-9-12-3-1-2-4-12/h5-9,18H,1-4,10-11H2,(H2,16,17,19). The molecule has 0 aromatic heterocycles. The molecule has 0 spiro atoms. The third-order valence-corrected chi connectivity index (χ3v) is 3.31. The molecule has 4 heteroatoms. The van der Waals surface area contributed by atoms with Crippen molar-refractivity contribution in [3.63, 3.8) is 0 Å². The van der Waals surface area contributed by atoms with Gasteiger partial charge in [-0.25, -0.2) is 4.79 Å². The topological polar surface area (TPSA) is 61.4 Å². The van der Waals surface area contributed by atoms with Gasteiger partial charge >= 0.3 is 6.03 Å². The summed E-state index contributed by atoms with van der Waals surface area (Å²) in [5, 5.41) is 14.5. The van der Waals surface area contributed by atoms with Gasteiger partial charge in [-0.15, -0.1) is 0 Å². The fraction of sp³-hybridized carbons (Fsp3) is 0.400. The number of benzene rings is 1. The fourth-order valence-electron chi connectivity index (χ4n) is 2.14. The summed E-state index contributed by atoms with van der Waals surface area (Å²) in [4.78, 5) is 11.6. The lowest BCUT2D eigenvalue weighted by Crippen LogP contribution is -2.31. The molecule has 1 saturated carbocycles. The zero-order valence-electron chi connectivity index (χ0n) is 11.0. The predicted molar refractivity (Wildman–Crippen MR) is 74.3 cm³/mol. The average Bonchev–Trinajstić information content (AvgIpc) is 2.96. The highest BCUT2D eigenvalue weighted by Crippen LogP contribution is 2.22. The van der Waals surface area contributed by atoms with Gasteiger partial charge in [-0.2, -0.15) is 0 Å². The van der Waals surface area contributed by atoms with Crippen molar-refractivity contribution >= 4 is 6.03 Å². The molecule has 1 aromatic carbocycles. The van der Waals surface area contributed by atoms with Crippen molar-refractivity contribution in [3.05, 3.63) is 47.2 Å². The van der Waals surface area contributed by atoms with Gasteiger partial charge in [0.15, 0.2) is 0 Å². The first kappa shape index (κ1) is 13.6. The monoisotopic (exact) mass is 260 g/mol. The van der Waals surface area contributed by atoms with Crippen LogP contribution >= 0.6 is 0 Å². The first-order chi connectivity index (χ1) is 9.28. The molecule has 1 aromatic rings. The Hall–Kier alpha value is -1.81. The van der Waals surface area contributed by atoms with Crippen LogP contribution in [0.5, 0.6) is 0 Å². The molecule has 102 valence electrons. The summed E-state index contributed by atoms with van der Waals surface area (Å²) in [6, 6.07) is 7.35. The maximum Gasteiger partial charge on any atom is 0.319 e. The van der Waals surface area contributed by atoms with Crippen molar-refractivity contribution in [2.24, 2.45) is 0 Å². The molecule has 1 fully saturated rings. The van der Waals surface area contributed by atoms with E-state index in [1.807, 2.05) is 30.5 Å². The number of carbonyl (C=O) groups is 1. The highest BCUT2D eigenvalue weighted by Gasteiger charge is 2.06. The largest absolute Gasteiger partial charge is 0.392 e. The van der Waals surface area contributed by atoms with E-state index >= 15 is 0 Å². The van der Waals surface area contributed by atoms with Gasteiger partial charge in [0, 0.05) is 12.7 Å². The minimum absolute atomic E-state index is 0.0434. The number of nitrogens with one attached hydrogen (secondary N) is 2. The Balaban J connectivity index is 1.74. The highest BCUT2D eigenvalue weighted by molar-refractivity contribution is 5.74. The van der Waals surface area contributed by atoms with E-state index in [2.05, 4.69) is 10.6 Å². The molecule has 0 bridgehead atoms. The lowest BCUT2D eigenvalue weighted by Gasteiger charge is -2.06. The van der Waals surface area contributed by atoms with E-state index in [9.17, 15) is 4.79 Å². The summed E-state index contributed by atoms with van der Waals surface area (Å²) in [6.45, 7) is 0.530. The number of allylic oxidation sites excluding steroid dienone is 1. The van der Waals surface area contributed by atoms with Crippen LogP contribution in [0, 0.1) is 0 Å². The van der Waals surface area contributed by atoms with Crippen molar-refractivity contribution < 1.29 is 9.90 Å². The summed E-state index contributed by atoms with van der Waals surface area (Å²) >= 11 is 0. The van der Waals surface area contributed by atoms with Gasteiger partial charge in [0.2, 0.25) is 0 Å². The molecule has 0 saturated heterocycles. The van der Waals surface area contributed by atoms with E-state index in [0.29, 0.717) is 6.54 Å². The summed E-state index contributed by atoms with van der Waals surface area (Å²) in [6.07, 6.45) is 6.49. The zero-order chi connectivity index (χ0) is 13.5. The van der Waals surface area contributed by atoms with Crippen LogP contribution in [0.25, 0.3) is 0 Å². The lowest BCUT2D eigenvalue weighted by atomic mass is 10.1. The van der Waals surface area contributed by atoms with E-state index in [1.54, 1.807) is 0 Å². The van der Waals surface area contributed by atoms with Crippen molar-refractivity contribution in [1.82, 2.24) is 10.6 Å². The van der Waals surface area contributed by atoms with Crippen LogP contribution in [0.3, 0.4) is 0 Å². The van der Waals surface area contributed by atoms with Gasteiger partial charge in [-0.1, -0.05) is 29.8 Å². The van der Waals surface area contributed by atoms with Crippen LogP contribution in [0.15, 0.2) is 36.0 Å². The normalized spacial score (nSPS) is 14.3. The number of hydrogen-bond donors (Lipinski definition) is 3. The first-order valence-corrected chi connectivity index (χ1v) is 6.69. The van der Waals surface area contributed by atoms with Crippen LogP contribution in [0.2, 0.25) is 0 Å². The summed E-state index contributed by atoms with van der Waals surface area (Å²) in [7, 11) is 0. The third kappa shape index (κ3) is 4.41. The number of urea groups is 1. The molecule has 1 aliphatic carbocycles. The minimum atomic E-state index is -0.175. The minimum Gasteiger partial charge on any atom is -0.392 e. The van der Waals surface area contributed by atoms with Crippen LogP contribution in [0.4, 0.5) is 4.79 Å². The Labute approximate surface area is 113 Å². The Morgan fingerprint density at radius 3 is 2.42 bits per heavy atom. The van der Waals surface area contributed by atoms with Crippen LogP contribution in [-0.4, -0.2) is 11.1 Å². The number of aliphatic hydroxyl groups excluding tert-OH is 1. The molecule has 4 nitrogen and oxygen atoms in total. The Bertz CT molecular complexity index is 444. The van der Waals surface area contributed by atoms with Gasteiger partial charge in [0.1, 0.15) is 0 Å². The molecule has 1 aliphatic rings. The van der Waals surface area contributed by atoms with E-state index in [0.717, 1.165) is 24.0 Å². The molecule has 0 atom stereocenters. The smallest absolute Gasteiger partial charge is 0.319 e. The quantitative estimate of drug-likeness (QED) is 0.778. The Morgan fingerprint density at radius 2 is 1.79 bits per heavy atom. The molecule has 0 heterocycles. The number of hydrogen-bond acceptors (Lipinski definition) is 2. The van der Waals surface area contributed by atoms with Crippen molar-refractivity contribution in [1.29, 1.82) is 0 Å².